The smallest absolute Gasteiger partial charge is 0.176 e. The molecule has 0 aromatic heterocycles. The molecule has 1 aromatic carbocycles. The second-order valence-corrected chi connectivity index (χ2v) is 4.16. The highest BCUT2D eigenvalue weighted by Crippen LogP contribution is 2.41. The van der Waals surface area contributed by atoms with Crippen LogP contribution in [0.25, 0.3) is 0 Å². The molecule has 6 heteroatoms. The van der Waals surface area contributed by atoms with E-state index in [1.807, 2.05) is 0 Å². The van der Waals surface area contributed by atoms with Gasteiger partial charge in [-0.15, -0.1) is 0 Å². The van der Waals surface area contributed by atoms with Gasteiger partial charge >= 0.3 is 0 Å². The van der Waals surface area contributed by atoms with Gasteiger partial charge in [0.15, 0.2) is 11.5 Å². The topological polar surface area (TPSA) is 51.0 Å². The van der Waals surface area contributed by atoms with E-state index in [1.54, 1.807) is 13.2 Å². The quantitative estimate of drug-likeness (QED) is 0.523. The highest BCUT2D eigenvalue weighted by molar-refractivity contribution is 9.13. The van der Waals surface area contributed by atoms with Gasteiger partial charge in [-0.05, 0) is 37.9 Å². The van der Waals surface area contributed by atoms with Gasteiger partial charge in [0.05, 0.1) is 24.9 Å². The first-order valence-corrected chi connectivity index (χ1v) is 5.51. The average Bonchev–Trinajstić information content (AvgIpc) is 2.24. The predicted octanol–water partition coefficient (Wildman–Crippen LogP) is 3.04. The molecule has 0 saturated heterocycles. The number of nitrogens with zero attached hydrogens (tertiary/aromatic N) is 1. The van der Waals surface area contributed by atoms with Crippen molar-refractivity contribution in [2.45, 2.75) is 0 Å². The summed E-state index contributed by atoms with van der Waals surface area (Å²) in [6.07, 6.45) is 1.30. The summed E-state index contributed by atoms with van der Waals surface area (Å²) in [5, 5.41) is 11.5. The number of hydrogen-bond acceptors (Lipinski definition) is 4. The predicted molar refractivity (Wildman–Crippen MR) is 64.3 cm³/mol. The number of methoxy groups -OCH3 is 2. The number of ether oxygens (including phenoxy) is 2. The van der Waals surface area contributed by atoms with E-state index in [0.29, 0.717) is 21.5 Å². The number of oxime groups is 1. The molecule has 0 atom stereocenters. The van der Waals surface area contributed by atoms with Crippen LogP contribution in [0.3, 0.4) is 0 Å². The SMILES string of the molecule is COc1cc(/C=N\O)c(Br)c(Br)c1OC. The summed E-state index contributed by atoms with van der Waals surface area (Å²) in [6, 6.07) is 1.70. The number of benzene rings is 1. The average molecular weight is 339 g/mol. The van der Waals surface area contributed by atoms with Gasteiger partial charge in [-0.2, -0.15) is 0 Å². The van der Waals surface area contributed by atoms with Crippen molar-refractivity contribution in [1.29, 1.82) is 0 Å². The maximum atomic E-state index is 8.49. The van der Waals surface area contributed by atoms with Crippen LogP contribution in [0, 0.1) is 0 Å². The Balaban J connectivity index is 3.42. The first-order valence-electron chi connectivity index (χ1n) is 3.93. The van der Waals surface area contributed by atoms with Gasteiger partial charge in [0.2, 0.25) is 0 Å². The molecule has 82 valence electrons. The molecule has 0 spiro atoms. The minimum absolute atomic E-state index is 0.558. The van der Waals surface area contributed by atoms with E-state index < -0.39 is 0 Å². The Kier molecular flexibility index (Phi) is 4.41. The number of halogens is 2. The number of hydrogen-bond donors (Lipinski definition) is 1. The molecule has 0 aliphatic carbocycles. The molecular formula is C9H9Br2NO3. The third kappa shape index (κ3) is 2.43. The molecule has 15 heavy (non-hydrogen) atoms. The van der Waals surface area contributed by atoms with Crippen LogP contribution in [0.4, 0.5) is 0 Å². The highest BCUT2D eigenvalue weighted by atomic mass is 79.9. The van der Waals surface area contributed by atoms with Crippen LogP contribution in [-0.4, -0.2) is 25.6 Å². The van der Waals surface area contributed by atoms with Crippen LogP contribution in [0.1, 0.15) is 5.56 Å². The molecule has 0 aliphatic heterocycles. The van der Waals surface area contributed by atoms with Crippen molar-refractivity contribution in [3.05, 3.63) is 20.6 Å². The molecule has 0 aliphatic rings. The fourth-order valence-corrected chi connectivity index (χ4v) is 2.09. The zero-order valence-electron chi connectivity index (χ0n) is 8.12. The molecule has 0 bridgehead atoms. The molecule has 0 fully saturated rings. The largest absolute Gasteiger partial charge is 0.493 e. The lowest BCUT2D eigenvalue weighted by Gasteiger charge is -2.12. The Morgan fingerprint density at radius 2 is 1.93 bits per heavy atom. The molecule has 0 amide bonds. The molecule has 1 N–H and O–H groups in total. The van der Waals surface area contributed by atoms with Crippen molar-refractivity contribution in [3.63, 3.8) is 0 Å². The maximum absolute atomic E-state index is 8.49. The fraction of sp³-hybridized carbons (Fsp3) is 0.222. The van der Waals surface area contributed by atoms with E-state index in [4.69, 9.17) is 14.7 Å². The minimum Gasteiger partial charge on any atom is -0.493 e. The van der Waals surface area contributed by atoms with Gasteiger partial charge in [0.25, 0.3) is 0 Å². The fourth-order valence-electron chi connectivity index (χ4n) is 1.10. The summed E-state index contributed by atoms with van der Waals surface area (Å²) in [7, 11) is 3.09. The first kappa shape index (κ1) is 12.3. The minimum atomic E-state index is 0.558. The third-order valence-electron chi connectivity index (χ3n) is 1.78. The molecular weight excluding hydrogens is 330 g/mol. The van der Waals surface area contributed by atoms with Crippen molar-refractivity contribution in [2.75, 3.05) is 14.2 Å². The van der Waals surface area contributed by atoms with Crippen LogP contribution >= 0.6 is 31.9 Å². The second-order valence-electron chi connectivity index (χ2n) is 2.57. The lowest BCUT2D eigenvalue weighted by atomic mass is 10.2. The summed E-state index contributed by atoms with van der Waals surface area (Å²) in [5.41, 5.74) is 0.682. The normalized spacial score (nSPS) is 10.7. The van der Waals surface area contributed by atoms with E-state index in [-0.39, 0.29) is 0 Å². The lowest BCUT2D eigenvalue weighted by molar-refractivity contribution is 0.321. The van der Waals surface area contributed by atoms with E-state index in [9.17, 15) is 0 Å². The maximum Gasteiger partial charge on any atom is 0.176 e. The van der Waals surface area contributed by atoms with E-state index in [0.717, 1.165) is 4.47 Å². The van der Waals surface area contributed by atoms with Gasteiger partial charge < -0.3 is 14.7 Å². The van der Waals surface area contributed by atoms with Gasteiger partial charge in [-0.25, -0.2) is 0 Å². The van der Waals surface area contributed by atoms with Gasteiger partial charge in [0, 0.05) is 10.0 Å². The Bertz CT molecular complexity index is 393. The van der Waals surface area contributed by atoms with Crippen LogP contribution in [0.2, 0.25) is 0 Å². The van der Waals surface area contributed by atoms with Crippen LogP contribution in [-0.2, 0) is 0 Å². The van der Waals surface area contributed by atoms with E-state index in [2.05, 4.69) is 37.0 Å². The summed E-state index contributed by atoms with van der Waals surface area (Å²) in [4.78, 5) is 0. The van der Waals surface area contributed by atoms with Crippen molar-refractivity contribution < 1.29 is 14.7 Å². The van der Waals surface area contributed by atoms with Crippen molar-refractivity contribution in [1.82, 2.24) is 0 Å². The van der Waals surface area contributed by atoms with Crippen LogP contribution in [0.15, 0.2) is 20.2 Å². The molecule has 1 aromatic rings. The summed E-state index contributed by atoms with van der Waals surface area (Å²) in [5.74, 6) is 1.14. The summed E-state index contributed by atoms with van der Waals surface area (Å²) >= 11 is 6.71. The lowest BCUT2D eigenvalue weighted by Crippen LogP contribution is -1.95. The Morgan fingerprint density at radius 3 is 2.40 bits per heavy atom. The van der Waals surface area contributed by atoms with Crippen LogP contribution < -0.4 is 9.47 Å². The number of rotatable bonds is 3. The zero-order chi connectivity index (χ0) is 11.4. The molecule has 0 saturated carbocycles. The summed E-state index contributed by atoms with van der Waals surface area (Å²) < 4.78 is 11.8. The first-order chi connectivity index (χ1) is 7.15. The monoisotopic (exact) mass is 337 g/mol. The van der Waals surface area contributed by atoms with Crippen molar-refractivity contribution >= 4 is 38.1 Å². The zero-order valence-corrected chi connectivity index (χ0v) is 11.3. The third-order valence-corrected chi connectivity index (χ3v) is 3.92. The van der Waals surface area contributed by atoms with Crippen LogP contribution in [0.5, 0.6) is 11.5 Å². The summed E-state index contributed by atoms with van der Waals surface area (Å²) in [6.45, 7) is 0. The van der Waals surface area contributed by atoms with Crippen molar-refractivity contribution in [3.8, 4) is 11.5 Å². The Morgan fingerprint density at radius 1 is 1.27 bits per heavy atom. The van der Waals surface area contributed by atoms with Gasteiger partial charge in [-0.1, -0.05) is 5.16 Å². The molecule has 0 unspecified atom stereocenters. The van der Waals surface area contributed by atoms with Gasteiger partial charge in [-0.3, -0.25) is 0 Å². The van der Waals surface area contributed by atoms with E-state index in [1.165, 1.54) is 13.3 Å². The second kappa shape index (κ2) is 5.37. The standard InChI is InChI=1S/C9H9Br2NO3/c1-14-6-3-5(4-12-13)7(10)8(11)9(6)15-2/h3-4,13H,1-2H3/b12-4-. The van der Waals surface area contributed by atoms with Gasteiger partial charge in [0.1, 0.15) is 0 Å². The molecule has 4 nitrogen and oxygen atoms in total. The van der Waals surface area contributed by atoms with Crippen molar-refractivity contribution in [2.24, 2.45) is 5.16 Å². The molecule has 0 radical (unpaired) electrons. The Labute approximate surface area is 104 Å². The Hall–Kier alpha value is -0.750. The van der Waals surface area contributed by atoms with E-state index >= 15 is 0 Å². The molecule has 0 heterocycles. The highest BCUT2D eigenvalue weighted by Gasteiger charge is 2.15. The molecule has 1 rings (SSSR count).